The smallest absolute Gasteiger partial charge is 0.128 e. The molecule has 0 aliphatic carbocycles. The molecule has 1 nitrogen and oxygen atoms in total. The summed E-state index contributed by atoms with van der Waals surface area (Å²) >= 11 is 5.96. The predicted molar refractivity (Wildman–Crippen MR) is 76.6 cm³/mol. The minimum Gasteiger partial charge on any atom is -0.310 e. The Hall–Kier alpha value is -0.600. The average Bonchev–Trinajstić information content (AvgIpc) is 2.37. The summed E-state index contributed by atoms with van der Waals surface area (Å²) in [5, 5.41) is 4.02. The molecule has 0 fully saturated rings. The van der Waals surface area contributed by atoms with E-state index in [0.29, 0.717) is 10.6 Å². The van der Waals surface area contributed by atoms with Crippen LogP contribution in [0, 0.1) is 5.82 Å². The van der Waals surface area contributed by atoms with Gasteiger partial charge in [-0.3, -0.25) is 0 Å². The molecule has 0 spiro atoms. The van der Waals surface area contributed by atoms with Gasteiger partial charge in [-0.1, -0.05) is 44.7 Å². The van der Waals surface area contributed by atoms with Crippen molar-refractivity contribution in [2.75, 3.05) is 6.54 Å². The van der Waals surface area contributed by atoms with E-state index in [4.69, 9.17) is 11.6 Å². The summed E-state index contributed by atoms with van der Waals surface area (Å²) in [4.78, 5) is 0. The van der Waals surface area contributed by atoms with Gasteiger partial charge in [-0.15, -0.1) is 0 Å². The Balaban J connectivity index is 2.75. The SMILES string of the molecule is CCCCCC(NCCC)c1cc(Cl)ccc1F. The van der Waals surface area contributed by atoms with E-state index in [0.717, 1.165) is 25.8 Å². The lowest BCUT2D eigenvalue weighted by atomic mass is 9.99. The summed E-state index contributed by atoms with van der Waals surface area (Å²) < 4.78 is 13.9. The van der Waals surface area contributed by atoms with E-state index in [1.54, 1.807) is 12.1 Å². The molecular weight excluding hydrogens is 249 g/mol. The fraction of sp³-hybridized carbons (Fsp3) is 0.600. The molecule has 18 heavy (non-hydrogen) atoms. The molecule has 102 valence electrons. The highest BCUT2D eigenvalue weighted by Crippen LogP contribution is 2.25. The Kier molecular flexibility index (Phi) is 7.29. The van der Waals surface area contributed by atoms with Crippen LogP contribution in [0.5, 0.6) is 0 Å². The zero-order chi connectivity index (χ0) is 13.4. The summed E-state index contributed by atoms with van der Waals surface area (Å²) in [6, 6.07) is 4.88. The monoisotopic (exact) mass is 271 g/mol. The van der Waals surface area contributed by atoms with Crippen molar-refractivity contribution in [2.45, 2.75) is 52.0 Å². The Morgan fingerprint density at radius 1 is 1.22 bits per heavy atom. The highest BCUT2D eigenvalue weighted by atomic mass is 35.5. The first-order valence-corrected chi connectivity index (χ1v) is 7.25. The van der Waals surface area contributed by atoms with E-state index in [9.17, 15) is 4.39 Å². The number of halogens is 2. The Morgan fingerprint density at radius 3 is 2.67 bits per heavy atom. The molecule has 0 aliphatic heterocycles. The maximum Gasteiger partial charge on any atom is 0.128 e. The molecule has 0 aromatic heterocycles. The Bertz CT molecular complexity index is 354. The topological polar surface area (TPSA) is 12.0 Å². The number of rotatable bonds is 8. The molecule has 1 atom stereocenters. The summed E-state index contributed by atoms with van der Waals surface area (Å²) in [6.45, 7) is 5.20. The fourth-order valence-corrected chi connectivity index (χ4v) is 2.25. The second-order valence-electron chi connectivity index (χ2n) is 4.67. The molecule has 1 rings (SSSR count). The van der Waals surface area contributed by atoms with E-state index >= 15 is 0 Å². The van der Waals surface area contributed by atoms with Crippen LogP contribution < -0.4 is 5.32 Å². The third-order valence-electron chi connectivity index (χ3n) is 3.07. The fourth-order valence-electron chi connectivity index (χ4n) is 2.07. The molecule has 0 radical (unpaired) electrons. The molecule has 3 heteroatoms. The van der Waals surface area contributed by atoms with Gasteiger partial charge in [0.2, 0.25) is 0 Å². The van der Waals surface area contributed by atoms with Crippen molar-refractivity contribution in [3.8, 4) is 0 Å². The summed E-state index contributed by atoms with van der Waals surface area (Å²) in [5.74, 6) is -0.162. The zero-order valence-electron chi connectivity index (χ0n) is 11.3. The van der Waals surface area contributed by atoms with E-state index in [-0.39, 0.29) is 11.9 Å². The average molecular weight is 272 g/mol. The molecule has 0 bridgehead atoms. The number of hydrogen-bond acceptors (Lipinski definition) is 1. The molecule has 1 aromatic carbocycles. The van der Waals surface area contributed by atoms with Gasteiger partial charge < -0.3 is 5.32 Å². The zero-order valence-corrected chi connectivity index (χ0v) is 12.1. The Labute approximate surface area is 115 Å². The van der Waals surface area contributed by atoms with Crippen molar-refractivity contribution in [3.63, 3.8) is 0 Å². The van der Waals surface area contributed by atoms with Crippen LogP contribution >= 0.6 is 11.6 Å². The van der Waals surface area contributed by atoms with Crippen molar-refractivity contribution in [1.82, 2.24) is 5.32 Å². The summed E-state index contributed by atoms with van der Waals surface area (Å²) in [6.07, 6.45) is 5.49. The molecule has 1 aromatic rings. The molecule has 0 amide bonds. The van der Waals surface area contributed by atoms with Gasteiger partial charge in [-0.05, 0) is 37.6 Å². The molecule has 1 unspecified atom stereocenters. The first-order chi connectivity index (χ1) is 8.69. The van der Waals surface area contributed by atoms with E-state index in [1.807, 2.05) is 0 Å². The van der Waals surface area contributed by atoms with Crippen molar-refractivity contribution < 1.29 is 4.39 Å². The lowest BCUT2D eigenvalue weighted by Gasteiger charge is -2.19. The van der Waals surface area contributed by atoms with Crippen molar-refractivity contribution in [1.29, 1.82) is 0 Å². The first kappa shape index (κ1) is 15.5. The second kappa shape index (κ2) is 8.49. The van der Waals surface area contributed by atoms with Gasteiger partial charge in [0.25, 0.3) is 0 Å². The molecule has 0 saturated heterocycles. The standard InChI is InChI=1S/C15H23ClFN/c1-3-5-6-7-15(18-10-4-2)13-11-12(16)8-9-14(13)17/h8-9,11,15,18H,3-7,10H2,1-2H3. The highest BCUT2D eigenvalue weighted by Gasteiger charge is 2.15. The largest absolute Gasteiger partial charge is 0.310 e. The van der Waals surface area contributed by atoms with Crippen LogP contribution in [0.25, 0.3) is 0 Å². The summed E-state index contributed by atoms with van der Waals surface area (Å²) in [7, 11) is 0. The molecular formula is C15H23ClFN. The normalized spacial score (nSPS) is 12.7. The lowest BCUT2D eigenvalue weighted by Crippen LogP contribution is -2.23. The van der Waals surface area contributed by atoms with Gasteiger partial charge >= 0.3 is 0 Å². The maximum atomic E-state index is 13.9. The van der Waals surface area contributed by atoms with Crippen molar-refractivity contribution in [3.05, 3.63) is 34.6 Å². The number of nitrogens with one attached hydrogen (secondary N) is 1. The van der Waals surface area contributed by atoms with Crippen LogP contribution in [0.15, 0.2) is 18.2 Å². The van der Waals surface area contributed by atoms with Crippen LogP contribution in [0.3, 0.4) is 0 Å². The van der Waals surface area contributed by atoms with Crippen LogP contribution in [-0.2, 0) is 0 Å². The molecule has 0 aliphatic rings. The summed E-state index contributed by atoms with van der Waals surface area (Å²) in [5.41, 5.74) is 0.701. The molecule has 0 saturated carbocycles. The second-order valence-corrected chi connectivity index (χ2v) is 5.10. The third kappa shape index (κ3) is 4.95. The Morgan fingerprint density at radius 2 is 2.00 bits per heavy atom. The van der Waals surface area contributed by atoms with E-state index in [1.165, 1.54) is 18.9 Å². The number of unbranched alkanes of at least 4 members (excludes halogenated alkanes) is 2. The van der Waals surface area contributed by atoms with E-state index in [2.05, 4.69) is 19.2 Å². The van der Waals surface area contributed by atoms with E-state index < -0.39 is 0 Å². The maximum absolute atomic E-state index is 13.9. The van der Waals surface area contributed by atoms with Gasteiger partial charge in [0.15, 0.2) is 0 Å². The minimum atomic E-state index is -0.162. The van der Waals surface area contributed by atoms with Crippen molar-refractivity contribution >= 4 is 11.6 Å². The van der Waals surface area contributed by atoms with Crippen LogP contribution in [0.4, 0.5) is 4.39 Å². The van der Waals surface area contributed by atoms with Crippen LogP contribution in [-0.4, -0.2) is 6.54 Å². The quantitative estimate of drug-likeness (QED) is 0.649. The predicted octanol–water partition coefficient (Wildman–Crippen LogP) is 5.10. The number of hydrogen-bond donors (Lipinski definition) is 1. The third-order valence-corrected chi connectivity index (χ3v) is 3.31. The number of benzene rings is 1. The van der Waals surface area contributed by atoms with Gasteiger partial charge in [-0.25, -0.2) is 4.39 Å². The van der Waals surface area contributed by atoms with Gasteiger partial charge in [-0.2, -0.15) is 0 Å². The van der Waals surface area contributed by atoms with Crippen LogP contribution in [0.1, 0.15) is 57.6 Å². The van der Waals surface area contributed by atoms with Gasteiger partial charge in [0, 0.05) is 16.6 Å². The van der Waals surface area contributed by atoms with Crippen LogP contribution in [0.2, 0.25) is 5.02 Å². The lowest BCUT2D eigenvalue weighted by molar-refractivity contribution is 0.454. The minimum absolute atomic E-state index is 0.0789. The first-order valence-electron chi connectivity index (χ1n) is 6.87. The highest BCUT2D eigenvalue weighted by molar-refractivity contribution is 6.30. The molecule has 1 N–H and O–H groups in total. The van der Waals surface area contributed by atoms with Crippen molar-refractivity contribution in [2.24, 2.45) is 0 Å². The van der Waals surface area contributed by atoms with Gasteiger partial charge in [0.05, 0.1) is 0 Å². The van der Waals surface area contributed by atoms with Gasteiger partial charge in [0.1, 0.15) is 5.82 Å². The molecule has 0 heterocycles.